The minimum atomic E-state index is 0.305. The van der Waals surface area contributed by atoms with Crippen LogP contribution in [0, 0.1) is 5.92 Å². The van der Waals surface area contributed by atoms with Gasteiger partial charge in [-0.15, -0.1) is 11.3 Å². The van der Waals surface area contributed by atoms with Gasteiger partial charge in [-0.05, 0) is 25.8 Å². The molecule has 1 aliphatic carbocycles. The zero-order valence-electron chi connectivity index (χ0n) is 12.6. The third kappa shape index (κ3) is 3.51. The first-order valence-corrected chi connectivity index (χ1v) is 8.39. The van der Waals surface area contributed by atoms with E-state index in [0.29, 0.717) is 12.1 Å². The fourth-order valence-electron chi connectivity index (χ4n) is 2.83. The number of aromatic nitrogens is 1. The summed E-state index contributed by atoms with van der Waals surface area (Å²) >= 11 is 1.74. The Morgan fingerprint density at radius 1 is 1.33 bits per heavy atom. The van der Waals surface area contributed by atoms with Gasteiger partial charge in [0.15, 0.2) is 0 Å². The molecule has 0 amide bonds. The smallest absolute Gasteiger partial charge is 0.0949 e. The topological polar surface area (TPSA) is 34.2 Å². The van der Waals surface area contributed by atoms with Crippen molar-refractivity contribution in [3.05, 3.63) is 40.7 Å². The highest BCUT2D eigenvalue weighted by Crippen LogP contribution is 2.36. The van der Waals surface area contributed by atoms with Crippen molar-refractivity contribution in [1.82, 2.24) is 10.3 Å². The molecular formula is C17H22N2OS. The number of nitrogens with zero attached hydrogens (tertiary/aromatic N) is 1. The lowest BCUT2D eigenvalue weighted by Gasteiger charge is -2.24. The van der Waals surface area contributed by atoms with Gasteiger partial charge >= 0.3 is 0 Å². The molecule has 21 heavy (non-hydrogen) atoms. The first-order chi connectivity index (χ1) is 10.3. The van der Waals surface area contributed by atoms with Crippen molar-refractivity contribution in [3.63, 3.8) is 0 Å². The molecule has 0 aliphatic heterocycles. The zero-order chi connectivity index (χ0) is 14.7. The van der Waals surface area contributed by atoms with Gasteiger partial charge in [-0.1, -0.05) is 30.3 Å². The van der Waals surface area contributed by atoms with Crippen LogP contribution in [0.1, 0.15) is 17.8 Å². The van der Waals surface area contributed by atoms with Crippen LogP contribution in [0.4, 0.5) is 0 Å². The van der Waals surface area contributed by atoms with Crippen LogP contribution in [-0.2, 0) is 11.2 Å². The van der Waals surface area contributed by atoms with Crippen LogP contribution >= 0.6 is 11.3 Å². The lowest BCUT2D eigenvalue weighted by molar-refractivity contribution is 0.0534. The van der Waals surface area contributed by atoms with Crippen molar-refractivity contribution in [2.24, 2.45) is 5.92 Å². The second-order valence-electron chi connectivity index (χ2n) is 5.63. The van der Waals surface area contributed by atoms with Crippen molar-refractivity contribution in [3.8, 4) is 11.3 Å². The highest BCUT2D eigenvalue weighted by molar-refractivity contribution is 7.09. The van der Waals surface area contributed by atoms with E-state index in [1.165, 1.54) is 23.4 Å². The van der Waals surface area contributed by atoms with Gasteiger partial charge in [0.25, 0.3) is 0 Å². The summed E-state index contributed by atoms with van der Waals surface area (Å²) in [6.45, 7) is 0. The number of rotatable bonds is 7. The molecule has 2 aromatic rings. The minimum absolute atomic E-state index is 0.305. The fraction of sp³-hybridized carbons (Fsp3) is 0.471. The molecule has 1 N–H and O–H groups in total. The van der Waals surface area contributed by atoms with E-state index in [1.807, 2.05) is 20.2 Å². The third-order valence-electron chi connectivity index (χ3n) is 4.14. The molecule has 1 aromatic carbocycles. The Kier molecular flexibility index (Phi) is 4.68. The summed E-state index contributed by atoms with van der Waals surface area (Å²) in [4.78, 5) is 4.79. The molecule has 0 spiro atoms. The summed E-state index contributed by atoms with van der Waals surface area (Å²) in [6, 6.07) is 10.7. The summed E-state index contributed by atoms with van der Waals surface area (Å²) in [5.41, 5.74) is 2.26. The minimum Gasteiger partial charge on any atom is -0.380 e. The van der Waals surface area contributed by atoms with Gasteiger partial charge in [0.05, 0.1) is 16.8 Å². The van der Waals surface area contributed by atoms with Gasteiger partial charge in [-0.25, -0.2) is 4.98 Å². The van der Waals surface area contributed by atoms with Gasteiger partial charge in [0, 0.05) is 30.5 Å². The Hall–Kier alpha value is -1.23. The van der Waals surface area contributed by atoms with Crippen LogP contribution in [0.15, 0.2) is 35.7 Å². The molecule has 3 rings (SSSR count). The first-order valence-electron chi connectivity index (χ1n) is 7.51. The summed E-state index contributed by atoms with van der Waals surface area (Å²) in [5.74, 6) is 0.723. The van der Waals surface area contributed by atoms with Crippen LogP contribution in [0.2, 0.25) is 0 Å². The number of hydrogen-bond donors (Lipinski definition) is 1. The van der Waals surface area contributed by atoms with Gasteiger partial charge in [-0.2, -0.15) is 0 Å². The van der Waals surface area contributed by atoms with Crippen molar-refractivity contribution in [1.29, 1.82) is 0 Å². The molecule has 1 saturated carbocycles. The molecular weight excluding hydrogens is 280 g/mol. The molecule has 112 valence electrons. The van der Waals surface area contributed by atoms with Crippen LogP contribution < -0.4 is 5.32 Å². The van der Waals surface area contributed by atoms with Crippen molar-refractivity contribution >= 4 is 11.3 Å². The molecule has 0 bridgehead atoms. The van der Waals surface area contributed by atoms with E-state index in [9.17, 15) is 0 Å². The molecule has 1 fully saturated rings. The lowest BCUT2D eigenvalue weighted by Crippen LogP contribution is -2.41. The zero-order valence-corrected chi connectivity index (χ0v) is 13.4. The second-order valence-corrected chi connectivity index (χ2v) is 6.57. The Morgan fingerprint density at radius 2 is 2.10 bits per heavy atom. The van der Waals surface area contributed by atoms with Crippen molar-refractivity contribution in [2.75, 3.05) is 14.2 Å². The van der Waals surface area contributed by atoms with Crippen LogP contribution in [0.3, 0.4) is 0 Å². The van der Waals surface area contributed by atoms with Gasteiger partial charge in [-0.3, -0.25) is 0 Å². The van der Waals surface area contributed by atoms with E-state index in [4.69, 9.17) is 9.72 Å². The Morgan fingerprint density at radius 3 is 2.71 bits per heavy atom. The van der Waals surface area contributed by atoms with Crippen molar-refractivity contribution in [2.45, 2.75) is 31.4 Å². The van der Waals surface area contributed by atoms with Crippen LogP contribution in [-0.4, -0.2) is 31.3 Å². The van der Waals surface area contributed by atoms with E-state index in [1.54, 1.807) is 11.3 Å². The average Bonchev–Trinajstić information content (AvgIpc) is 3.25. The number of hydrogen-bond acceptors (Lipinski definition) is 4. The van der Waals surface area contributed by atoms with Gasteiger partial charge in [0.2, 0.25) is 0 Å². The highest BCUT2D eigenvalue weighted by Gasteiger charge is 2.36. The lowest BCUT2D eigenvalue weighted by atomic mass is 10.0. The maximum absolute atomic E-state index is 5.71. The molecule has 1 aliphatic rings. The summed E-state index contributed by atoms with van der Waals surface area (Å²) < 4.78 is 5.71. The number of thiazole rings is 1. The molecule has 0 radical (unpaired) electrons. The van der Waals surface area contributed by atoms with Gasteiger partial charge in [0.1, 0.15) is 0 Å². The molecule has 1 heterocycles. The highest BCUT2D eigenvalue weighted by atomic mass is 32.1. The summed E-state index contributed by atoms with van der Waals surface area (Å²) in [5, 5.41) is 6.74. The van der Waals surface area contributed by atoms with Crippen LogP contribution in [0.5, 0.6) is 0 Å². The maximum Gasteiger partial charge on any atom is 0.0949 e. The SMILES string of the molecule is CNC(Cc1nc(-c2ccccc2)cs1)C(OC)C1CC1. The Bertz CT molecular complexity index is 565. The Labute approximate surface area is 130 Å². The number of methoxy groups -OCH3 is 1. The Balaban J connectivity index is 1.71. The summed E-state index contributed by atoms with van der Waals surface area (Å²) in [7, 11) is 3.84. The number of benzene rings is 1. The normalized spacial score (nSPS) is 17.6. The molecule has 3 nitrogen and oxygen atoms in total. The van der Waals surface area contributed by atoms with Crippen molar-refractivity contribution < 1.29 is 4.74 Å². The van der Waals surface area contributed by atoms with Gasteiger partial charge < -0.3 is 10.1 Å². The van der Waals surface area contributed by atoms with Crippen LogP contribution in [0.25, 0.3) is 11.3 Å². The predicted molar refractivity (Wildman–Crippen MR) is 87.6 cm³/mol. The molecule has 2 atom stereocenters. The summed E-state index contributed by atoms with van der Waals surface area (Å²) in [6.07, 6.45) is 3.83. The van der Waals surface area contributed by atoms with E-state index in [2.05, 4.69) is 35.0 Å². The number of likely N-dealkylation sites (N-methyl/N-ethyl adjacent to an activating group) is 1. The van der Waals surface area contributed by atoms with E-state index in [0.717, 1.165) is 18.0 Å². The van der Waals surface area contributed by atoms with E-state index in [-0.39, 0.29) is 0 Å². The largest absolute Gasteiger partial charge is 0.380 e. The quantitative estimate of drug-likeness (QED) is 0.851. The molecule has 0 saturated heterocycles. The van der Waals surface area contributed by atoms with E-state index < -0.39 is 0 Å². The third-order valence-corrected chi connectivity index (χ3v) is 5.01. The van der Waals surface area contributed by atoms with E-state index >= 15 is 0 Å². The number of ether oxygens (including phenoxy) is 1. The maximum atomic E-state index is 5.71. The average molecular weight is 302 g/mol. The fourth-order valence-corrected chi connectivity index (χ4v) is 3.69. The predicted octanol–water partition coefficient (Wildman–Crippen LogP) is 3.37. The molecule has 4 heteroatoms. The second kappa shape index (κ2) is 6.69. The molecule has 2 unspecified atom stereocenters. The monoisotopic (exact) mass is 302 g/mol. The standard InChI is InChI=1S/C17H22N2OS/c1-18-14(17(20-2)13-8-9-13)10-16-19-15(11-21-16)12-6-4-3-5-7-12/h3-7,11,13-14,17-18H,8-10H2,1-2H3. The molecule has 1 aromatic heterocycles. The number of nitrogens with one attached hydrogen (secondary N) is 1. The first kappa shape index (κ1) is 14.7.